The van der Waals surface area contributed by atoms with E-state index in [0.717, 1.165) is 11.6 Å². The van der Waals surface area contributed by atoms with Crippen LogP contribution in [0.15, 0.2) is 0 Å². The zero-order valence-electron chi connectivity index (χ0n) is 7.19. The second-order valence-electron chi connectivity index (χ2n) is 3.41. The van der Waals surface area contributed by atoms with Gasteiger partial charge in [-0.05, 0) is 43.9 Å². The summed E-state index contributed by atoms with van der Waals surface area (Å²) in [5, 5.41) is 0. The molecule has 0 bridgehead atoms. The molecule has 0 radical (unpaired) electrons. The van der Waals surface area contributed by atoms with Crippen LogP contribution in [0.1, 0.15) is 39.0 Å². The number of rotatable bonds is 2. The van der Waals surface area contributed by atoms with Gasteiger partial charge in [0.25, 0.3) is 0 Å². The third-order valence-corrected chi connectivity index (χ3v) is 4.23. The SMILES string of the molecule is CCC1CCC(PC)CC1. The van der Waals surface area contributed by atoms with Crippen LogP contribution in [-0.4, -0.2) is 12.3 Å². The predicted molar refractivity (Wildman–Crippen MR) is 50.3 cm³/mol. The molecule has 0 amide bonds. The molecule has 0 aromatic carbocycles. The maximum atomic E-state index is 2.36. The molecule has 0 aliphatic heterocycles. The Balaban J connectivity index is 2.17. The van der Waals surface area contributed by atoms with Crippen LogP contribution >= 0.6 is 8.58 Å². The van der Waals surface area contributed by atoms with Gasteiger partial charge >= 0.3 is 0 Å². The molecule has 0 heterocycles. The first-order chi connectivity index (χ1) is 4.86. The maximum absolute atomic E-state index is 2.36. The van der Waals surface area contributed by atoms with Gasteiger partial charge in [0.2, 0.25) is 0 Å². The molecular formula is C9H19P. The third-order valence-electron chi connectivity index (χ3n) is 2.83. The van der Waals surface area contributed by atoms with Crippen LogP contribution in [0.4, 0.5) is 0 Å². The summed E-state index contributed by atoms with van der Waals surface area (Å²) in [6, 6.07) is 0. The quantitative estimate of drug-likeness (QED) is 0.541. The highest BCUT2D eigenvalue weighted by atomic mass is 31.1. The van der Waals surface area contributed by atoms with Gasteiger partial charge in [-0.1, -0.05) is 13.3 Å². The highest BCUT2D eigenvalue weighted by molar-refractivity contribution is 7.37. The molecule has 10 heavy (non-hydrogen) atoms. The van der Waals surface area contributed by atoms with Crippen molar-refractivity contribution in [1.82, 2.24) is 0 Å². The maximum Gasteiger partial charge on any atom is -0.0239 e. The van der Waals surface area contributed by atoms with Gasteiger partial charge in [0, 0.05) is 0 Å². The van der Waals surface area contributed by atoms with Gasteiger partial charge in [-0.15, -0.1) is 8.58 Å². The Hall–Kier alpha value is 0.430. The fraction of sp³-hybridized carbons (Fsp3) is 1.00. The van der Waals surface area contributed by atoms with E-state index in [2.05, 4.69) is 13.6 Å². The van der Waals surface area contributed by atoms with E-state index < -0.39 is 0 Å². The molecule has 0 spiro atoms. The van der Waals surface area contributed by atoms with Gasteiger partial charge in [-0.3, -0.25) is 0 Å². The molecule has 1 fully saturated rings. The lowest BCUT2D eigenvalue weighted by Gasteiger charge is -2.26. The first kappa shape index (κ1) is 8.53. The number of hydrogen-bond acceptors (Lipinski definition) is 0. The van der Waals surface area contributed by atoms with Crippen molar-refractivity contribution in [3.8, 4) is 0 Å². The zero-order chi connectivity index (χ0) is 7.40. The third kappa shape index (κ3) is 2.23. The smallest absolute Gasteiger partial charge is 0.0239 e. The molecule has 0 N–H and O–H groups in total. The monoisotopic (exact) mass is 158 g/mol. The van der Waals surface area contributed by atoms with Crippen LogP contribution in [0.5, 0.6) is 0 Å². The summed E-state index contributed by atoms with van der Waals surface area (Å²) in [5.41, 5.74) is 1.10. The summed E-state index contributed by atoms with van der Waals surface area (Å²) in [6.45, 7) is 4.69. The molecule has 0 nitrogen and oxygen atoms in total. The van der Waals surface area contributed by atoms with Crippen LogP contribution in [0.2, 0.25) is 0 Å². The zero-order valence-corrected chi connectivity index (χ0v) is 8.19. The van der Waals surface area contributed by atoms with Crippen LogP contribution in [0, 0.1) is 5.92 Å². The fourth-order valence-electron chi connectivity index (χ4n) is 1.86. The van der Waals surface area contributed by atoms with Crippen LogP contribution < -0.4 is 0 Å². The highest BCUT2D eigenvalue weighted by Crippen LogP contribution is 2.34. The lowest BCUT2D eigenvalue weighted by molar-refractivity contribution is 0.355. The summed E-state index contributed by atoms with van der Waals surface area (Å²) < 4.78 is 0. The van der Waals surface area contributed by atoms with E-state index in [1.165, 1.54) is 40.7 Å². The molecule has 1 aliphatic carbocycles. The Kier molecular flexibility index (Phi) is 3.70. The molecule has 60 valence electrons. The minimum absolute atomic E-state index is 1.08. The van der Waals surface area contributed by atoms with Crippen LogP contribution in [0.25, 0.3) is 0 Å². The Morgan fingerprint density at radius 1 is 1.20 bits per heavy atom. The molecule has 0 saturated heterocycles. The van der Waals surface area contributed by atoms with Gasteiger partial charge in [0.1, 0.15) is 0 Å². The molecule has 1 saturated carbocycles. The van der Waals surface area contributed by atoms with Crippen molar-refractivity contribution in [2.24, 2.45) is 5.92 Å². The van der Waals surface area contributed by atoms with Crippen molar-refractivity contribution >= 4 is 8.58 Å². The van der Waals surface area contributed by atoms with E-state index >= 15 is 0 Å². The summed E-state index contributed by atoms with van der Waals surface area (Å²) in [4.78, 5) is 0. The topological polar surface area (TPSA) is 0 Å². The van der Waals surface area contributed by atoms with Gasteiger partial charge in [0.15, 0.2) is 0 Å². The second-order valence-corrected chi connectivity index (χ2v) is 4.81. The average Bonchev–Trinajstić information content (AvgIpc) is 2.05. The van der Waals surface area contributed by atoms with E-state index in [9.17, 15) is 0 Å². The summed E-state index contributed by atoms with van der Waals surface area (Å²) in [7, 11) is 1.20. The fourth-order valence-corrected chi connectivity index (χ4v) is 2.77. The van der Waals surface area contributed by atoms with E-state index in [1.807, 2.05) is 0 Å². The Labute approximate surface area is 66.6 Å². The van der Waals surface area contributed by atoms with E-state index in [0.29, 0.717) is 0 Å². The lowest BCUT2D eigenvalue weighted by Crippen LogP contribution is -2.14. The normalized spacial score (nSPS) is 35.4. The van der Waals surface area contributed by atoms with Crippen molar-refractivity contribution in [1.29, 1.82) is 0 Å². The van der Waals surface area contributed by atoms with Gasteiger partial charge < -0.3 is 0 Å². The van der Waals surface area contributed by atoms with E-state index in [-0.39, 0.29) is 0 Å². The minimum Gasteiger partial charge on any atom is -0.122 e. The summed E-state index contributed by atoms with van der Waals surface area (Å²) in [6.07, 6.45) is 7.49. The van der Waals surface area contributed by atoms with Crippen LogP contribution in [0.3, 0.4) is 0 Å². The van der Waals surface area contributed by atoms with Gasteiger partial charge in [-0.2, -0.15) is 0 Å². The first-order valence-corrected chi connectivity index (χ1v) is 6.11. The molecule has 0 aromatic heterocycles. The van der Waals surface area contributed by atoms with E-state index in [4.69, 9.17) is 0 Å². The summed E-state index contributed by atoms with van der Waals surface area (Å²) in [5.74, 6) is 1.08. The molecule has 0 aromatic rings. The highest BCUT2D eigenvalue weighted by Gasteiger charge is 2.17. The Bertz CT molecular complexity index is 70.7. The predicted octanol–water partition coefficient (Wildman–Crippen LogP) is 3.26. The first-order valence-electron chi connectivity index (χ1n) is 4.54. The lowest BCUT2D eigenvalue weighted by atomic mass is 9.87. The Morgan fingerprint density at radius 3 is 2.20 bits per heavy atom. The molecular weight excluding hydrogens is 139 g/mol. The minimum atomic E-state index is 1.08. The van der Waals surface area contributed by atoms with E-state index in [1.54, 1.807) is 0 Å². The van der Waals surface area contributed by atoms with Crippen molar-refractivity contribution in [3.05, 3.63) is 0 Å². The summed E-state index contributed by atoms with van der Waals surface area (Å²) >= 11 is 0. The molecule has 1 unspecified atom stereocenters. The molecule has 1 atom stereocenters. The number of hydrogen-bond donors (Lipinski definition) is 0. The van der Waals surface area contributed by atoms with Crippen LogP contribution in [-0.2, 0) is 0 Å². The molecule has 1 aliphatic rings. The van der Waals surface area contributed by atoms with Crippen molar-refractivity contribution in [2.45, 2.75) is 44.7 Å². The Morgan fingerprint density at radius 2 is 1.80 bits per heavy atom. The average molecular weight is 158 g/mol. The van der Waals surface area contributed by atoms with Gasteiger partial charge in [-0.25, -0.2) is 0 Å². The second kappa shape index (κ2) is 4.34. The van der Waals surface area contributed by atoms with Crippen molar-refractivity contribution < 1.29 is 0 Å². The largest absolute Gasteiger partial charge is 0.122 e. The van der Waals surface area contributed by atoms with Gasteiger partial charge in [0.05, 0.1) is 0 Å². The molecule has 1 rings (SSSR count). The molecule has 1 heteroatoms. The van der Waals surface area contributed by atoms with Crippen molar-refractivity contribution in [3.63, 3.8) is 0 Å². The standard InChI is InChI=1S/C9H19P/c1-3-8-4-6-9(10-2)7-5-8/h8-10H,3-7H2,1-2H3. The van der Waals surface area contributed by atoms with Crippen molar-refractivity contribution in [2.75, 3.05) is 6.66 Å².